The molecule has 0 bridgehead atoms. The van der Waals surface area contributed by atoms with E-state index >= 15 is 0 Å². The minimum Gasteiger partial charge on any atom is -0.399 e. The summed E-state index contributed by atoms with van der Waals surface area (Å²) in [6, 6.07) is 3.81. The minimum atomic E-state index is -4.42. The van der Waals surface area contributed by atoms with E-state index in [9.17, 15) is 18.0 Å². The number of hydrogen-bond acceptors (Lipinski definition) is 2. The predicted molar refractivity (Wildman–Crippen MR) is 66.0 cm³/mol. The molecule has 104 valence electrons. The Hall–Kier alpha value is -1.43. The molecule has 0 spiro atoms. The number of alkyl halides is 3. The lowest BCUT2D eigenvalue weighted by atomic mass is 10.1. The summed E-state index contributed by atoms with van der Waals surface area (Å²) in [4.78, 5) is 13.0. The third-order valence-corrected chi connectivity index (χ3v) is 3.13. The smallest absolute Gasteiger partial charge is 0.399 e. The van der Waals surface area contributed by atoms with Crippen molar-refractivity contribution in [2.24, 2.45) is 0 Å². The maximum atomic E-state index is 12.5. The Bertz CT molecular complexity index is 500. The molecule has 0 radical (unpaired) electrons. The van der Waals surface area contributed by atoms with Gasteiger partial charge in [-0.2, -0.15) is 13.2 Å². The minimum absolute atomic E-state index is 0.0482. The van der Waals surface area contributed by atoms with Crippen molar-refractivity contribution in [3.8, 4) is 0 Å². The lowest BCUT2D eigenvalue weighted by Crippen LogP contribution is -2.40. The number of halogens is 4. The molecule has 0 aromatic heterocycles. The average Bonchev–Trinajstić information content (AvgIpc) is 3.07. The molecule has 1 aliphatic rings. The van der Waals surface area contributed by atoms with E-state index in [4.69, 9.17) is 17.3 Å². The number of carbonyl (C=O) groups is 1. The van der Waals surface area contributed by atoms with Crippen LogP contribution in [0.15, 0.2) is 18.2 Å². The van der Waals surface area contributed by atoms with Crippen molar-refractivity contribution in [3.05, 3.63) is 28.8 Å². The normalized spacial score (nSPS) is 15.4. The Balaban J connectivity index is 2.24. The maximum Gasteiger partial charge on any atom is 0.406 e. The fourth-order valence-corrected chi connectivity index (χ4v) is 2.08. The third kappa shape index (κ3) is 3.53. The fourth-order valence-electron chi connectivity index (χ4n) is 1.81. The summed E-state index contributed by atoms with van der Waals surface area (Å²) in [5.74, 6) is -0.704. The van der Waals surface area contributed by atoms with E-state index in [1.807, 2.05) is 0 Å². The zero-order chi connectivity index (χ0) is 14.2. The summed E-state index contributed by atoms with van der Waals surface area (Å²) in [5.41, 5.74) is 5.89. The zero-order valence-corrected chi connectivity index (χ0v) is 10.6. The van der Waals surface area contributed by atoms with Gasteiger partial charge in [-0.3, -0.25) is 4.79 Å². The molecule has 1 saturated carbocycles. The molecule has 0 unspecified atom stereocenters. The van der Waals surface area contributed by atoms with Crippen molar-refractivity contribution >= 4 is 23.2 Å². The van der Waals surface area contributed by atoms with E-state index in [-0.39, 0.29) is 16.6 Å². The van der Waals surface area contributed by atoms with Crippen LogP contribution >= 0.6 is 11.6 Å². The van der Waals surface area contributed by atoms with E-state index in [1.54, 1.807) is 0 Å². The first-order valence-corrected chi connectivity index (χ1v) is 6.08. The van der Waals surface area contributed by atoms with Gasteiger partial charge in [0.2, 0.25) is 0 Å². The Morgan fingerprint density at radius 3 is 2.53 bits per heavy atom. The zero-order valence-electron chi connectivity index (χ0n) is 9.88. The first-order chi connectivity index (χ1) is 8.78. The van der Waals surface area contributed by atoms with Gasteiger partial charge >= 0.3 is 6.18 Å². The van der Waals surface area contributed by atoms with E-state index in [0.717, 1.165) is 4.90 Å². The monoisotopic (exact) mass is 292 g/mol. The summed E-state index contributed by atoms with van der Waals surface area (Å²) in [6.07, 6.45) is -3.23. The molecule has 1 fully saturated rings. The number of carbonyl (C=O) groups excluding carboxylic acids is 1. The van der Waals surface area contributed by atoms with Gasteiger partial charge in [-0.1, -0.05) is 11.6 Å². The number of hydrogen-bond donors (Lipinski definition) is 1. The molecule has 0 aliphatic heterocycles. The lowest BCUT2D eigenvalue weighted by molar-refractivity contribution is -0.141. The van der Waals surface area contributed by atoms with E-state index in [2.05, 4.69) is 0 Å². The highest BCUT2D eigenvalue weighted by Gasteiger charge is 2.41. The summed E-state index contributed by atoms with van der Waals surface area (Å²) in [5, 5.41) is 0.0674. The van der Waals surface area contributed by atoms with Gasteiger partial charge in [-0.05, 0) is 31.0 Å². The van der Waals surface area contributed by atoms with Crippen molar-refractivity contribution < 1.29 is 18.0 Å². The topological polar surface area (TPSA) is 46.3 Å². The number of nitrogen functional groups attached to an aromatic ring is 1. The SMILES string of the molecule is Nc1ccc(C(=O)N(CC(F)(F)F)C2CC2)c(Cl)c1. The van der Waals surface area contributed by atoms with Gasteiger partial charge in [0.05, 0.1) is 10.6 Å². The van der Waals surface area contributed by atoms with Crippen LogP contribution in [0.1, 0.15) is 23.2 Å². The van der Waals surface area contributed by atoms with E-state index in [0.29, 0.717) is 18.5 Å². The van der Waals surface area contributed by atoms with Crippen LogP contribution in [0.5, 0.6) is 0 Å². The van der Waals surface area contributed by atoms with Gasteiger partial charge in [-0.15, -0.1) is 0 Å². The molecule has 3 nitrogen and oxygen atoms in total. The molecule has 2 rings (SSSR count). The molecule has 7 heteroatoms. The largest absolute Gasteiger partial charge is 0.406 e. The quantitative estimate of drug-likeness (QED) is 0.870. The van der Waals surface area contributed by atoms with Gasteiger partial charge in [-0.25, -0.2) is 0 Å². The molecule has 1 aliphatic carbocycles. The number of amides is 1. The lowest BCUT2D eigenvalue weighted by Gasteiger charge is -2.24. The molecule has 1 aromatic rings. The van der Waals surface area contributed by atoms with Crippen LogP contribution in [0.25, 0.3) is 0 Å². The van der Waals surface area contributed by atoms with Crippen molar-refractivity contribution in [2.75, 3.05) is 12.3 Å². The molecular weight excluding hydrogens is 281 g/mol. The number of benzene rings is 1. The van der Waals surface area contributed by atoms with Crippen LogP contribution in [-0.2, 0) is 0 Å². The first-order valence-electron chi connectivity index (χ1n) is 5.70. The Morgan fingerprint density at radius 2 is 2.05 bits per heavy atom. The number of anilines is 1. The second-order valence-electron chi connectivity index (χ2n) is 4.52. The summed E-state index contributed by atoms with van der Waals surface area (Å²) in [7, 11) is 0. The Labute approximate surface area is 113 Å². The first kappa shape index (κ1) is 14.0. The van der Waals surface area contributed by atoms with E-state index < -0.39 is 18.6 Å². The van der Waals surface area contributed by atoms with Crippen molar-refractivity contribution in [1.29, 1.82) is 0 Å². The molecule has 1 aromatic carbocycles. The highest BCUT2D eigenvalue weighted by molar-refractivity contribution is 6.34. The molecule has 2 N–H and O–H groups in total. The second kappa shape index (κ2) is 4.92. The van der Waals surface area contributed by atoms with E-state index in [1.165, 1.54) is 18.2 Å². The molecule has 19 heavy (non-hydrogen) atoms. The molecule has 1 amide bonds. The molecular formula is C12H12ClF3N2O. The highest BCUT2D eigenvalue weighted by atomic mass is 35.5. The van der Waals surface area contributed by atoms with Crippen LogP contribution in [-0.4, -0.2) is 29.6 Å². The number of nitrogens with zero attached hydrogens (tertiary/aromatic N) is 1. The standard InChI is InChI=1S/C12H12ClF3N2O/c13-10-5-7(17)1-4-9(10)11(19)18(8-2-3-8)6-12(14,15)16/h1,4-5,8H,2-3,6,17H2. The maximum absolute atomic E-state index is 12.5. The third-order valence-electron chi connectivity index (χ3n) is 2.82. The van der Waals surface area contributed by atoms with Gasteiger partial charge < -0.3 is 10.6 Å². The summed E-state index contributed by atoms with van der Waals surface area (Å²) in [6.45, 7) is -1.25. The summed E-state index contributed by atoms with van der Waals surface area (Å²) >= 11 is 5.86. The number of nitrogens with two attached hydrogens (primary N) is 1. The van der Waals surface area contributed by atoms with Gasteiger partial charge in [0, 0.05) is 11.7 Å². The van der Waals surface area contributed by atoms with Gasteiger partial charge in [0.15, 0.2) is 0 Å². The Kier molecular flexibility index (Phi) is 3.62. The van der Waals surface area contributed by atoms with Crippen LogP contribution in [0.4, 0.5) is 18.9 Å². The highest BCUT2D eigenvalue weighted by Crippen LogP contribution is 2.32. The van der Waals surface area contributed by atoms with Crippen molar-refractivity contribution in [2.45, 2.75) is 25.1 Å². The fraction of sp³-hybridized carbons (Fsp3) is 0.417. The summed E-state index contributed by atoms with van der Waals surface area (Å²) < 4.78 is 37.5. The van der Waals surface area contributed by atoms with Gasteiger partial charge in [0.25, 0.3) is 5.91 Å². The van der Waals surface area contributed by atoms with Crippen LogP contribution < -0.4 is 5.73 Å². The van der Waals surface area contributed by atoms with Gasteiger partial charge in [0.1, 0.15) is 6.54 Å². The average molecular weight is 293 g/mol. The van der Waals surface area contributed by atoms with Crippen LogP contribution in [0, 0.1) is 0 Å². The Morgan fingerprint density at radius 1 is 1.42 bits per heavy atom. The van der Waals surface area contributed by atoms with Crippen molar-refractivity contribution in [3.63, 3.8) is 0 Å². The van der Waals surface area contributed by atoms with Crippen LogP contribution in [0.3, 0.4) is 0 Å². The predicted octanol–water partition coefficient (Wildman–Crippen LogP) is 3.09. The molecule has 0 atom stereocenters. The molecule has 0 saturated heterocycles. The van der Waals surface area contributed by atoms with Crippen molar-refractivity contribution in [1.82, 2.24) is 4.90 Å². The molecule has 0 heterocycles. The number of rotatable bonds is 3. The van der Waals surface area contributed by atoms with Crippen LogP contribution in [0.2, 0.25) is 5.02 Å². The second-order valence-corrected chi connectivity index (χ2v) is 4.93.